The van der Waals surface area contributed by atoms with Crippen LogP contribution in [0.15, 0.2) is 6.07 Å². The van der Waals surface area contributed by atoms with Crippen LogP contribution in [0.3, 0.4) is 0 Å². The second-order valence-electron chi connectivity index (χ2n) is 3.68. The van der Waals surface area contributed by atoms with Crippen molar-refractivity contribution in [2.45, 2.75) is 13.3 Å². The van der Waals surface area contributed by atoms with Crippen molar-refractivity contribution in [1.29, 1.82) is 0 Å². The maximum Gasteiger partial charge on any atom is 0.228 e. The van der Waals surface area contributed by atoms with Crippen LogP contribution in [0.1, 0.15) is 21.5 Å². The standard InChI is InChI=1S/C11H9Cl2NO2/c1-5-10(13)7(8(15)4-12)2-6-3-9(16)14-11(5)6/h2H,3-4H2,1H3,(H,14,16). The van der Waals surface area contributed by atoms with Crippen molar-refractivity contribution in [1.82, 2.24) is 0 Å². The van der Waals surface area contributed by atoms with E-state index in [2.05, 4.69) is 5.32 Å². The number of nitrogens with one attached hydrogen (secondary N) is 1. The summed E-state index contributed by atoms with van der Waals surface area (Å²) in [6, 6.07) is 1.65. The number of carbonyl (C=O) groups excluding carboxylic acids is 2. The van der Waals surface area contributed by atoms with E-state index in [1.807, 2.05) is 0 Å². The van der Waals surface area contributed by atoms with Crippen molar-refractivity contribution < 1.29 is 9.59 Å². The SMILES string of the molecule is Cc1c(Cl)c(C(=O)CCl)cc2c1NC(=O)C2. The van der Waals surface area contributed by atoms with Gasteiger partial charge in [0, 0.05) is 11.3 Å². The van der Waals surface area contributed by atoms with E-state index in [1.54, 1.807) is 13.0 Å². The fourth-order valence-electron chi connectivity index (χ4n) is 1.81. The summed E-state index contributed by atoms with van der Waals surface area (Å²) in [4.78, 5) is 22.8. The third kappa shape index (κ3) is 1.70. The molecule has 3 nitrogen and oxygen atoms in total. The number of amides is 1. The fourth-order valence-corrected chi connectivity index (χ4v) is 2.21. The molecule has 1 aliphatic heterocycles. The number of halogens is 2. The number of hydrogen-bond donors (Lipinski definition) is 1. The Morgan fingerprint density at radius 1 is 1.56 bits per heavy atom. The molecule has 0 aliphatic carbocycles. The van der Waals surface area contributed by atoms with Gasteiger partial charge in [0.05, 0.1) is 17.3 Å². The van der Waals surface area contributed by atoms with Gasteiger partial charge in [-0.2, -0.15) is 0 Å². The first-order chi connectivity index (χ1) is 7.54. The summed E-state index contributed by atoms with van der Waals surface area (Å²) < 4.78 is 0. The van der Waals surface area contributed by atoms with Crippen molar-refractivity contribution in [3.63, 3.8) is 0 Å². The van der Waals surface area contributed by atoms with Crippen molar-refractivity contribution in [3.05, 3.63) is 27.8 Å². The minimum atomic E-state index is -0.225. The van der Waals surface area contributed by atoms with Gasteiger partial charge in [0.1, 0.15) is 0 Å². The van der Waals surface area contributed by atoms with E-state index in [0.29, 0.717) is 10.6 Å². The van der Waals surface area contributed by atoms with E-state index in [0.717, 1.165) is 16.8 Å². The van der Waals surface area contributed by atoms with Crippen LogP contribution in [-0.4, -0.2) is 17.6 Å². The Labute approximate surface area is 103 Å². The summed E-state index contributed by atoms with van der Waals surface area (Å²) >= 11 is 11.6. The molecule has 0 bridgehead atoms. The highest BCUT2D eigenvalue weighted by Gasteiger charge is 2.24. The molecule has 0 aromatic heterocycles. The highest BCUT2D eigenvalue weighted by molar-refractivity contribution is 6.38. The van der Waals surface area contributed by atoms with Crippen molar-refractivity contribution in [3.8, 4) is 0 Å². The van der Waals surface area contributed by atoms with Gasteiger partial charge in [0.15, 0.2) is 5.78 Å². The molecule has 1 N–H and O–H groups in total. The Hall–Kier alpha value is -1.06. The molecular weight excluding hydrogens is 249 g/mol. The number of Topliss-reactive ketones (excluding diaryl/α,β-unsaturated/α-hetero) is 1. The first kappa shape index (κ1) is 11.4. The minimum absolute atomic E-state index is 0.0790. The molecule has 1 amide bonds. The third-order valence-electron chi connectivity index (χ3n) is 2.62. The summed E-state index contributed by atoms with van der Waals surface area (Å²) in [5.74, 6) is -0.416. The van der Waals surface area contributed by atoms with Crippen LogP contribution < -0.4 is 5.32 Å². The minimum Gasteiger partial charge on any atom is -0.325 e. The number of alkyl halides is 1. The predicted octanol–water partition coefficient (Wildman–Crippen LogP) is 2.56. The molecule has 0 atom stereocenters. The van der Waals surface area contributed by atoms with Gasteiger partial charge in [-0.15, -0.1) is 11.6 Å². The van der Waals surface area contributed by atoms with Crippen molar-refractivity contribution in [2.75, 3.05) is 11.2 Å². The van der Waals surface area contributed by atoms with Gasteiger partial charge < -0.3 is 5.32 Å². The Bertz CT molecular complexity index is 497. The second-order valence-corrected chi connectivity index (χ2v) is 4.32. The molecule has 1 heterocycles. The molecule has 0 saturated heterocycles. The number of rotatable bonds is 2. The predicted molar refractivity (Wildman–Crippen MR) is 63.6 cm³/mol. The van der Waals surface area contributed by atoms with E-state index in [-0.39, 0.29) is 24.0 Å². The van der Waals surface area contributed by atoms with E-state index >= 15 is 0 Å². The van der Waals surface area contributed by atoms with Gasteiger partial charge in [0.2, 0.25) is 5.91 Å². The monoisotopic (exact) mass is 257 g/mol. The number of anilines is 1. The maximum atomic E-state index is 11.5. The maximum absolute atomic E-state index is 11.5. The van der Waals surface area contributed by atoms with Gasteiger partial charge >= 0.3 is 0 Å². The molecule has 16 heavy (non-hydrogen) atoms. The van der Waals surface area contributed by atoms with E-state index in [4.69, 9.17) is 23.2 Å². The van der Waals surface area contributed by atoms with Gasteiger partial charge in [-0.1, -0.05) is 11.6 Å². The molecular formula is C11H9Cl2NO2. The molecule has 84 valence electrons. The summed E-state index contributed by atoms with van der Waals surface area (Å²) in [6.45, 7) is 1.78. The molecule has 0 saturated carbocycles. The Morgan fingerprint density at radius 2 is 2.25 bits per heavy atom. The molecule has 0 spiro atoms. The second kappa shape index (κ2) is 4.07. The molecule has 5 heteroatoms. The third-order valence-corrected chi connectivity index (χ3v) is 3.35. The van der Waals surface area contributed by atoms with Crippen molar-refractivity contribution >= 4 is 40.6 Å². The van der Waals surface area contributed by atoms with Crippen LogP contribution in [0, 0.1) is 6.92 Å². The summed E-state index contributed by atoms with van der Waals surface area (Å²) in [5, 5.41) is 3.09. The molecule has 1 aromatic carbocycles. The van der Waals surface area contributed by atoms with E-state index in [9.17, 15) is 9.59 Å². The molecule has 0 unspecified atom stereocenters. The quantitative estimate of drug-likeness (QED) is 0.654. The molecule has 1 aromatic rings. The van der Waals surface area contributed by atoms with E-state index in [1.165, 1.54) is 0 Å². The Balaban J connectivity index is 2.60. The molecule has 2 rings (SSSR count). The zero-order valence-corrected chi connectivity index (χ0v) is 10.1. The lowest BCUT2D eigenvalue weighted by Gasteiger charge is -2.09. The van der Waals surface area contributed by atoms with Gasteiger partial charge in [-0.25, -0.2) is 0 Å². The largest absolute Gasteiger partial charge is 0.325 e. The van der Waals surface area contributed by atoms with E-state index < -0.39 is 0 Å². The van der Waals surface area contributed by atoms with Crippen LogP contribution in [0.5, 0.6) is 0 Å². The lowest BCUT2D eigenvalue weighted by molar-refractivity contribution is -0.115. The number of carbonyl (C=O) groups is 2. The average Bonchev–Trinajstić information content (AvgIpc) is 2.63. The highest BCUT2D eigenvalue weighted by atomic mass is 35.5. The number of fused-ring (bicyclic) bond motifs is 1. The zero-order chi connectivity index (χ0) is 11.9. The average molecular weight is 258 g/mol. The number of ketones is 1. The van der Waals surface area contributed by atoms with Gasteiger partial charge in [0.25, 0.3) is 0 Å². The lowest BCUT2D eigenvalue weighted by atomic mass is 10.0. The van der Waals surface area contributed by atoms with Crippen LogP contribution in [0.2, 0.25) is 5.02 Å². The lowest BCUT2D eigenvalue weighted by Crippen LogP contribution is -2.05. The topological polar surface area (TPSA) is 46.2 Å². The number of hydrogen-bond acceptors (Lipinski definition) is 2. The van der Waals surface area contributed by atoms with Crippen molar-refractivity contribution in [2.24, 2.45) is 0 Å². The first-order valence-corrected chi connectivity index (χ1v) is 5.66. The zero-order valence-electron chi connectivity index (χ0n) is 8.56. The summed E-state index contributed by atoms with van der Waals surface area (Å²) in [7, 11) is 0. The summed E-state index contributed by atoms with van der Waals surface area (Å²) in [5.41, 5.74) is 2.64. The first-order valence-electron chi connectivity index (χ1n) is 4.75. The highest BCUT2D eigenvalue weighted by Crippen LogP contribution is 2.35. The summed E-state index contributed by atoms with van der Waals surface area (Å²) in [6.07, 6.45) is 0.288. The molecule has 1 aliphatic rings. The van der Waals surface area contributed by atoms with Crippen LogP contribution in [-0.2, 0) is 11.2 Å². The fraction of sp³-hybridized carbons (Fsp3) is 0.273. The normalized spacial score (nSPS) is 13.6. The molecule has 0 fully saturated rings. The van der Waals surface area contributed by atoms with Crippen LogP contribution in [0.25, 0.3) is 0 Å². The smallest absolute Gasteiger partial charge is 0.228 e. The van der Waals surface area contributed by atoms with Gasteiger partial charge in [-0.3, -0.25) is 9.59 Å². The van der Waals surface area contributed by atoms with Gasteiger partial charge in [-0.05, 0) is 24.1 Å². The Kier molecular flexibility index (Phi) is 2.91. The van der Waals surface area contributed by atoms with Crippen LogP contribution >= 0.6 is 23.2 Å². The van der Waals surface area contributed by atoms with Crippen LogP contribution in [0.4, 0.5) is 5.69 Å². The number of benzene rings is 1. The Morgan fingerprint density at radius 3 is 2.88 bits per heavy atom. The molecule has 0 radical (unpaired) electrons.